The molecule has 0 saturated heterocycles. The Bertz CT molecular complexity index is 576. The Kier molecular flexibility index (Phi) is 3.64. The van der Waals surface area contributed by atoms with E-state index in [0.717, 1.165) is 6.54 Å². The summed E-state index contributed by atoms with van der Waals surface area (Å²) in [6.07, 6.45) is 3.67. The third kappa shape index (κ3) is 2.51. The van der Waals surface area contributed by atoms with Crippen LogP contribution in [0.4, 0.5) is 5.69 Å². The van der Waals surface area contributed by atoms with E-state index in [2.05, 4.69) is 36.1 Å². The van der Waals surface area contributed by atoms with Gasteiger partial charge in [-0.2, -0.15) is 0 Å². The first kappa shape index (κ1) is 13.0. The minimum atomic E-state index is 0.329. The van der Waals surface area contributed by atoms with Crippen LogP contribution in [0, 0.1) is 0 Å². The average Bonchev–Trinajstić information content (AvgIpc) is 2.69. The number of hydrogen-bond acceptors (Lipinski definition) is 2. The molecule has 0 aromatic heterocycles. The smallest absolute Gasteiger partial charge is 0.115 e. The van der Waals surface area contributed by atoms with Crippen LogP contribution in [0.3, 0.4) is 0 Å². The topological polar surface area (TPSA) is 23.5 Å². The van der Waals surface area contributed by atoms with Gasteiger partial charge in [0.25, 0.3) is 0 Å². The lowest BCUT2D eigenvalue weighted by atomic mass is 10.0. The second kappa shape index (κ2) is 5.58. The SMILES string of the molecule is CC(c1ccc(O)cc1)N1CCCCc2ccccc21. The number of hydrogen-bond donors (Lipinski definition) is 1. The van der Waals surface area contributed by atoms with Crippen LogP contribution in [-0.2, 0) is 6.42 Å². The molecule has 1 aliphatic rings. The molecule has 0 amide bonds. The van der Waals surface area contributed by atoms with Crippen LogP contribution >= 0.6 is 0 Å². The van der Waals surface area contributed by atoms with Gasteiger partial charge in [-0.05, 0) is 55.5 Å². The maximum Gasteiger partial charge on any atom is 0.115 e. The predicted molar refractivity (Wildman–Crippen MR) is 83.2 cm³/mol. The Hall–Kier alpha value is -1.96. The molecule has 3 rings (SSSR count). The molecule has 1 aliphatic heterocycles. The highest BCUT2D eigenvalue weighted by Gasteiger charge is 2.20. The van der Waals surface area contributed by atoms with Gasteiger partial charge < -0.3 is 10.0 Å². The summed E-state index contributed by atoms with van der Waals surface area (Å²) in [5.41, 5.74) is 4.07. The summed E-state index contributed by atoms with van der Waals surface area (Å²) in [7, 11) is 0. The molecule has 2 nitrogen and oxygen atoms in total. The van der Waals surface area contributed by atoms with Crippen molar-refractivity contribution in [2.45, 2.75) is 32.2 Å². The van der Waals surface area contributed by atoms with E-state index in [-0.39, 0.29) is 0 Å². The highest BCUT2D eigenvalue weighted by atomic mass is 16.3. The van der Waals surface area contributed by atoms with E-state index in [9.17, 15) is 5.11 Å². The van der Waals surface area contributed by atoms with Gasteiger partial charge in [0.1, 0.15) is 5.75 Å². The van der Waals surface area contributed by atoms with Crippen LogP contribution in [-0.4, -0.2) is 11.7 Å². The molecule has 104 valence electrons. The first-order valence-electron chi connectivity index (χ1n) is 7.39. The number of fused-ring (bicyclic) bond motifs is 1. The fraction of sp³-hybridized carbons (Fsp3) is 0.333. The maximum atomic E-state index is 9.44. The van der Waals surface area contributed by atoms with Gasteiger partial charge in [0.15, 0.2) is 0 Å². The Labute approximate surface area is 120 Å². The van der Waals surface area contributed by atoms with E-state index in [1.54, 1.807) is 12.1 Å². The second-order valence-corrected chi connectivity index (χ2v) is 5.55. The van der Waals surface area contributed by atoms with Crippen LogP contribution in [0.2, 0.25) is 0 Å². The van der Waals surface area contributed by atoms with E-state index in [1.807, 2.05) is 12.1 Å². The molecule has 0 aliphatic carbocycles. The van der Waals surface area contributed by atoms with Gasteiger partial charge in [0.2, 0.25) is 0 Å². The molecule has 2 heteroatoms. The van der Waals surface area contributed by atoms with Crippen LogP contribution < -0.4 is 4.90 Å². The quantitative estimate of drug-likeness (QED) is 0.877. The third-order valence-electron chi connectivity index (χ3n) is 4.24. The summed E-state index contributed by atoms with van der Waals surface area (Å²) in [5, 5.41) is 9.44. The zero-order valence-electron chi connectivity index (χ0n) is 11.9. The van der Waals surface area contributed by atoms with Gasteiger partial charge in [-0.15, -0.1) is 0 Å². The van der Waals surface area contributed by atoms with Gasteiger partial charge in [-0.3, -0.25) is 0 Å². The van der Waals surface area contributed by atoms with E-state index in [4.69, 9.17) is 0 Å². The maximum absolute atomic E-state index is 9.44. The highest BCUT2D eigenvalue weighted by Crippen LogP contribution is 2.33. The van der Waals surface area contributed by atoms with Gasteiger partial charge in [-0.25, -0.2) is 0 Å². The molecule has 20 heavy (non-hydrogen) atoms. The highest BCUT2D eigenvalue weighted by molar-refractivity contribution is 5.56. The first-order chi connectivity index (χ1) is 9.75. The van der Waals surface area contributed by atoms with Crippen LogP contribution in [0.15, 0.2) is 48.5 Å². The van der Waals surface area contributed by atoms with Crippen molar-refractivity contribution in [3.8, 4) is 5.75 Å². The van der Waals surface area contributed by atoms with Gasteiger partial charge in [0.05, 0.1) is 6.04 Å². The zero-order chi connectivity index (χ0) is 13.9. The normalized spacial score (nSPS) is 16.4. The Morgan fingerprint density at radius 1 is 1.00 bits per heavy atom. The van der Waals surface area contributed by atoms with Crippen molar-refractivity contribution in [2.24, 2.45) is 0 Å². The third-order valence-corrected chi connectivity index (χ3v) is 4.24. The molecule has 0 saturated carbocycles. The van der Waals surface area contributed by atoms with Crippen molar-refractivity contribution >= 4 is 5.69 Å². The molecule has 2 aromatic carbocycles. The molecule has 1 atom stereocenters. The molecular weight excluding hydrogens is 246 g/mol. The fourth-order valence-electron chi connectivity index (χ4n) is 3.06. The number of phenolic OH excluding ortho intramolecular Hbond substituents is 1. The lowest BCUT2D eigenvalue weighted by Gasteiger charge is -2.32. The molecule has 1 unspecified atom stereocenters. The summed E-state index contributed by atoms with van der Waals surface area (Å²) in [5.74, 6) is 0.331. The van der Waals surface area contributed by atoms with Crippen molar-refractivity contribution in [3.63, 3.8) is 0 Å². The van der Waals surface area contributed by atoms with Crippen LogP contribution in [0.1, 0.15) is 36.9 Å². The summed E-state index contributed by atoms with van der Waals surface area (Å²) in [6.45, 7) is 3.34. The summed E-state index contributed by atoms with van der Waals surface area (Å²) in [6, 6.07) is 16.7. The van der Waals surface area contributed by atoms with Crippen molar-refractivity contribution < 1.29 is 5.11 Å². The molecule has 0 radical (unpaired) electrons. The molecule has 0 bridgehead atoms. The van der Waals surface area contributed by atoms with Gasteiger partial charge >= 0.3 is 0 Å². The number of phenols is 1. The number of benzene rings is 2. The lowest BCUT2D eigenvalue weighted by Crippen LogP contribution is -2.27. The molecule has 1 N–H and O–H groups in total. The Balaban J connectivity index is 1.94. The summed E-state index contributed by atoms with van der Waals surface area (Å²) < 4.78 is 0. The summed E-state index contributed by atoms with van der Waals surface area (Å²) >= 11 is 0. The number of anilines is 1. The molecule has 0 spiro atoms. The summed E-state index contributed by atoms with van der Waals surface area (Å²) in [4.78, 5) is 2.49. The zero-order valence-corrected chi connectivity index (χ0v) is 11.9. The molecule has 2 aromatic rings. The Morgan fingerprint density at radius 2 is 1.75 bits per heavy atom. The number of para-hydroxylation sites is 1. The standard InChI is InChI=1S/C18H21NO/c1-14(15-9-11-17(20)12-10-15)19-13-5-4-7-16-6-2-3-8-18(16)19/h2-3,6,8-12,14,20H,4-5,7,13H2,1H3. The van der Waals surface area contributed by atoms with E-state index in [1.165, 1.54) is 36.1 Å². The van der Waals surface area contributed by atoms with E-state index >= 15 is 0 Å². The Morgan fingerprint density at radius 3 is 2.55 bits per heavy atom. The first-order valence-corrected chi connectivity index (χ1v) is 7.39. The van der Waals surface area contributed by atoms with Crippen LogP contribution in [0.5, 0.6) is 5.75 Å². The lowest BCUT2D eigenvalue weighted by molar-refractivity contribution is 0.475. The van der Waals surface area contributed by atoms with Gasteiger partial charge in [0, 0.05) is 12.2 Å². The minimum absolute atomic E-state index is 0.329. The molecule has 0 fully saturated rings. The number of aromatic hydroxyl groups is 1. The monoisotopic (exact) mass is 267 g/mol. The number of rotatable bonds is 2. The molecule has 1 heterocycles. The largest absolute Gasteiger partial charge is 0.508 e. The fourth-order valence-corrected chi connectivity index (χ4v) is 3.06. The van der Waals surface area contributed by atoms with Crippen molar-refractivity contribution in [2.75, 3.05) is 11.4 Å². The number of nitrogens with zero attached hydrogens (tertiary/aromatic N) is 1. The van der Waals surface area contributed by atoms with Crippen LogP contribution in [0.25, 0.3) is 0 Å². The second-order valence-electron chi connectivity index (χ2n) is 5.55. The van der Waals surface area contributed by atoms with Crippen molar-refractivity contribution in [1.82, 2.24) is 0 Å². The minimum Gasteiger partial charge on any atom is -0.508 e. The van der Waals surface area contributed by atoms with Crippen molar-refractivity contribution in [1.29, 1.82) is 0 Å². The van der Waals surface area contributed by atoms with Gasteiger partial charge in [-0.1, -0.05) is 30.3 Å². The van der Waals surface area contributed by atoms with E-state index < -0.39 is 0 Å². The number of aryl methyl sites for hydroxylation is 1. The van der Waals surface area contributed by atoms with Crippen molar-refractivity contribution in [3.05, 3.63) is 59.7 Å². The predicted octanol–water partition coefficient (Wildman–Crippen LogP) is 4.30. The average molecular weight is 267 g/mol. The van der Waals surface area contributed by atoms with E-state index in [0.29, 0.717) is 11.8 Å². The molecular formula is C18H21NO.